The molecule has 0 spiro atoms. The van der Waals surface area contributed by atoms with Crippen LogP contribution in [0.4, 0.5) is 5.95 Å². The Bertz CT molecular complexity index is 1100. The quantitative estimate of drug-likeness (QED) is 0.517. The van der Waals surface area contributed by atoms with E-state index < -0.39 is 0 Å². The minimum absolute atomic E-state index is 0.170. The number of ether oxygens (including phenoxy) is 1. The van der Waals surface area contributed by atoms with Crippen LogP contribution in [0.5, 0.6) is 0 Å². The zero-order chi connectivity index (χ0) is 17.9. The number of pyridine rings is 1. The summed E-state index contributed by atoms with van der Waals surface area (Å²) >= 11 is 0. The van der Waals surface area contributed by atoms with Gasteiger partial charge in [0.05, 0.1) is 28.2 Å². The summed E-state index contributed by atoms with van der Waals surface area (Å²) in [6.45, 7) is 1.34. The van der Waals surface area contributed by atoms with E-state index >= 15 is 0 Å². The van der Waals surface area contributed by atoms with Gasteiger partial charge < -0.3 is 10.1 Å². The van der Waals surface area contributed by atoms with Gasteiger partial charge in [-0.25, -0.2) is 4.98 Å². The summed E-state index contributed by atoms with van der Waals surface area (Å²) < 4.78 is 6.64. The summed E-state index contributed by atoms with van der Waals surface area (Å²) in [6.07, 6.45) is 4.08. The van der Waals surface area contributed by atoms with Crippen molar-refractivity contribution >= 4 is 27.9 Å². The third-order valence-electron chi connectivity index (χ3n) is 4.15. The standard InChI is InChI=1S/C18H18N6O2/c1-26-9-5-8-19-18-20-10-13-15-14(11-21-23-15)17(25)24(16(13)22-18)12-6-3-2-4-7-12/h2-4,6-7,10-11H,5,8-9H2,1H3,(H,21,23)(H,19,20,22). The number of H-pyrrole nitrogens is 1. The molecule has 0 saturated carbocycles. The predicted molar refractivity (Wildman–Crippen MR) is 99.8 cm³/mol. The van der Waals surface area contributed by atoms with E-state index in [9.17, 15) is 4.79 Å². The van der Waals surface area contributed by atoms with Crippen molar-refractivity contribution in [3.8, 4) is 5.69 Å². The van der Waals surface area contributed by atoms with E-state index in [1.807, 2.05) is 30.3 Å². The first-order valence-electron chi connectivity index (χ1n) is 8.32. The van der Waals surface area contributed by atoms with E-state index in [4.69, 9.17) is 4.74 Å². The number of aromatic nitrogens is 5. The maximum absolute atomic E-state index is 13.0. The minimum Gasteiger partial charge on any atom is -0.385 e. The third kappa shape index (κ3) is 2.80. The van der Waals surface area contributed by atoms with Gasteiger partial charge in [-0.1, -0.05) is 18.2 Å². The molecular formula is C18H18N6O2. The van der Waals surface area contributed by atoms with Crippen LogP contribution >= 0.6 is 0 Å². The Morgan fingerprint density at radius 2 is 2.04 bits per heavy atom. The summed E-state index contributed by atoms with van der Waals surface area (Å²) in [7, 11) is 1.67. The Labute approximate surface area is 148 Å². The number of methoxy groups -OCH3 is 1. The van der Waals surface area contributed by atoms with Crippen LogP contribution in [0.15, 0.2) is 47.5 Å². The van der Waals surface area contributed by atoms with Gasteiger partial charge in [0.2, 0.25) is 5.95 Å². The smallest absolute Gasteiger partial charge is 0.267 e. The number of benzene rings is 1. The zero-order valence-electron chi connectivity index (χ0n) is 14.3. The SMILES string of the molecule is COCCCNc1ncc2c3[nH]ncc3c(=O)n(-c3ccccc3)c2n1. The lowest BCUT2D eigenvalue weighted by molar-refractivity contribution is 0.197. The maximum atomic E-state index is 13.0. The van der Waals surface area contributed by atoms with Gasteiger partial charge in [0.25, 0.3) is 5.56 Å². The number of para-hydroxylation sites is 1. The van der Waals surface area contributed by atoms with Crippen LogP contribution in [0.3, 0.4) is 0 Å². The van der Waals surface area contributed by atoms with Gasteiger partial charge in [0.1, 0.15) is 0 Å². The average molecular weight is 350 g/mol. The number of hydrogen-bond acceptors (Lipinski definition) is 6. The molecule has 26 heavy (non-hydrogen) atoms. The summed E-state index contributed by atoms with van der Waals surface area (Å²) in [6, 6.07) is 9.43. The molecule has 132 valence electrons. The van der Waals surface area contributed by atoms with Crippen molar-refractivity contribution in [3.05, 3.63) is 53.1 Å². The van der Waals surface area contributed by atoms with Gasteiger partial charge in [-0.05, 0) is 18.6 Å². The molecule has 4 aromatic rings. The summed E-state index contributed by atoms with van der Waals surface area (Å²) in [4.78, 5) is 22.0. The molecule has 0 amide bonds. The van der Waals surface area contributed by atoms with E-state index in [2.05, 4.69) is 25.5 Å². The van der Waals surface area contributed by atoms with Crippen molar-refractivity contribution in [1.82, 2.24) is 24.7 Å². The van der Waals surface area contributed by atoms with E-state index in [-0.39, 0.29) is 5.56 Å². The molecule has 0 aliphatic carbocycles. The van der Waals surface area contributed by atoms with Gasteiger partial charge >= 0.3 is 0 Å². The molecule has 0 unspecified atom stereocenters. The van der Waals surface area contributed by atoms with Crippen LogP contribution in [-0.2, 0) is 4.74 Å². The van der Waals surface area contributed by atoms with Gasteiger partial charge in [-0.15, -0.1) is 0 Å². The maximum Gasteiger partial charge on any atom is 0.267 e. The molecule has 0 aliphatic heterocycles. The highest BCUT2D eigenvalue weighted by molar-refractivity contribution is 6.02. The normalized spacial score (nSPS) is 11.3. The molecule has 1 aromatic carbocycles. The number of nitrogens with one attached hydrogen (secondary N) is 2. The topological polar surface area (TPSA) is 97.7 Å². The molecule has 0 saturated heterocycles. The van der Waals surface area contributed by atoms with E-state index in [0.717, 1.165) is 17.5 Å². The minimum atomic E-state index is -0.170. The summed E-state index contributed by atoms with van der Waals surface area (Å²) in [5.41, 5.74) is 1.75. The Balaban J connectivity index is 1.90. The molecule has 0 fully saturated rings. The van der Waals surface area contributed by atoms with Gasteiger partial charge in [-0.3, -0.25) is 14.5 Å². The molecule has 3 aromatic heterocycles. The van der Waals surface area contributed by atoms with Crippen molar-refractivity contribution in [2.24, 2.45) is 0 Å². The molecule has 0 atom stereocenters. The van der Waals surface area contributed by atoms with Gasteiger partial charge in [0, 0.05) is 26.5 Å². The predicted octanol–water partition coefficient (Wildman–Crippen LogP) is 2.11. The second-order valence-corrected chi connectivity index (χ2v) is 5.84. The monoisotopic (exact) mass is 350 g/mol. The second-order valence-electron chi connectivity index (χ2n) is 5.84. The first-order chi connectivity index (χ1) is 12.8. The Kier molecular flexibility index (Phi) is 4.32. The summed E-state index contributed by atoms with van der Waals surface area (Å²) in [5.74, 6) is 0.469. The van der Waals surface area contributed by atoms with Crippen LogP contribution in [0.25, 0.3) is 27.6 Å². The Morgan fingerprint density at radius 1 is 1.19 bits per heavy atom. The van der Waals surface area contributed by atoms with Crippen LogP contribution in [-0.4, -0.2) is 45.0 Å². The number of hydrogen-bond donors (Lipinski definition) is 2. The van der Waals surface area contributed by atoms with Crippen LogP contribution in [0, 0.1) is 0 Å². The summed E-state index contributed by atoms with van der Waals surface area (Å²) in [5, 5.41) is 11.3. The van der Waals surface area contributed by atoms with E-state index in [1.165, 1.54) is 6.20 Å². The molecule has 0 aliphatic rings. The molecule has 2 N–H and O–H groups in total. The van der Waals surface area contributed by atoms with Gasteiger partial charge in [0.15, 0.2) is 5.65 Å². The van der Waals surface area contributed by atoms with Crippen LogP contribution < -0.4 is 10.9 Å². The van der Waals surface area contributed by atoms with Crippen molar-refractivity contribution in [2.45, 2.75) is 6.42 Å². The number of fused-ring (bicyclic) bond motifs is 3. The van der Waals surface area contributed by atoms with Crippen LogP contribution in [0.1, 0.15) is 6.42 Å². The fourth-order valence-electron chi connectivity index (χ4n) is 2.91. The first kappa shape index (κ1) is 16.2. The van der Waals surface area contributed by atoms with Crippen LogP contribution in [0.2, 0.25) is 0 Å². The Hall–Kier alpha value is -3.26. The van der Waals surface area contributed by atoms with Crippen molar-refractivity contribution < 1.29 is 4.74 Å². The largest absolute Gasteiger partial charge is 0.385 e. The molecular weight excluding hydrogens is 332 g/mol. The van der Waals surface area contributed by atoms with Gasteiger partial charge in [-0.2, -0.15) is 10.1 Å². The highest BCUT2D eigenvalue weighted by Gasteiger charge is 2.15. The van der Waals surface area contributed by atoms with Crippen molar-refractivity contribution in [2.75, 3.05) is 25.6 Å². The number of rotatable bonds is 6. The molecule has 4 rings (SSSR count). The average Bonchev–Trinajstić information content (AvgIpc) is 3.17. The molecule has 0 bridgehead atoms. The third-order valence-corrected chi connectivity index (χ3v) is 4.15. The van der Waals surface area contributed by atoms with E-state index in [0.29, 0.717) is 35.7 Å². The Morgan fingerprint density at radius 3 is 2.85 bits per heavy atom. The lowest BCUT2D eigenvalue weighted by Crippen LogP contribution is -2.20. The fourth-order valence-corrected chi connectivity index (χ4v) is 2.91. The highest BCUT2D eigenvalue weighted by Crippen LogP contribution is 2.22. The number of nitrogens with zero attached hydrogens (tertiary/aromatic N) is 4. The molecule has 8 heteroatoms. The zero-order valence-corrected chi connectivity index (χ0v) is 14.3. The highest BCUT2D eigenvalue weighted by atomic mass is 16.5. The number of aromatic amines is 1. The lowest BCUT2D eigenvalue weighted by atomic mass is 10.2. The molecule has 3 heterocycles. The fraction of sp³-hybridized carbons (Fsp3) is 0.222. The number of anilines is 1. The van der Waals surface area contributed by atoms with Crippen molar-refractivity contribution in [3.63, 3.8) is 0 Å². The molecule has 0 radical (unpaired) electrons. The molecule has 8 nitrogen and oxygen atoms in total. The van der Waals surface area contributed by atoms with E-state index in [1.54, 1.807) is 17.9 Å². The lowest BCUT2D eigenvalue weighted by Gasteiger charge is -2.12. The van der Waals surface area contributed by atoms with Crippen molar-refractivity contribution in [1.29, 1.82) is 0 Å². The first-order valence-corrected chi connectivity index (χ1v) is 8.32. The second kappa shape index (κ2) is 6.93.